The van der Waals surface area contributed by atoms with E-state index < -0.39 is 0 Å². The Morgan fingerprint density at radius 1 is 0.414 bits per heavy atom. The first-order valence-corrected chi connectivity index (χ1v) is 9.39. The van der Waals surface area contributed by atoms with Crippen molar-refractivity contribution in [2.75, 3.05) is 0 Å². The second kappa shape index (κ2) is 12.6. The quantitative estimate of drug-likeness (QED) is 0.381. The van der Waals surface area contributed by atoms with Gasteiger partial charge in [-0.2, -0.15) is 0 Å². The van der Waals surface area contributed by atoms with Crippen molar-refractivity contribution in [3.05, 3.63) is 144 Å². The number of hydrogen-bond acceptors (Lipinski definition) is 2. The lowest BCUT2D eigenvalue weighted by Crippen LogP contribution is -1.99. The molecule has 0 aliphatic rings. The van der Waals surface area contributed by atoms with Gasteiger partial charge in [-0.25, -0.2) is 0 Å². The Bertz CT molecular complexity index is 896. The highest BCUT2D eigenvalue weighted by atomic mass is 16.1. The Morgan fingerprint density at radius 3 is 0.897 bits per heavy atom. The molecular formula is C27H24O2. The maximum absolute atomic E-state index is 11.8. The Hall–Kier alpha value is -3.78. The van der Waals surface area contributed by atoms with Crippen molar-refractivity contribution in [3.8, 4) is 0 Å². The standard InChI is InChI=1S/C13H10O.C8H8O.C6H6/c14-13(11-7-3-1-4-8-11)12-9-5-2-6-10-12;1-7(9)8-5-3-2-4-6-8;1-2-4-6-5-3-1/h1-10H;2-6H,1H3;1-6H. The van der Waals surface area contributed by atoms with Crippen molar-refractivity contribution in [1.29, 1.82) is 0 Å². The molecule has 0 radical (unpaired) electrons. The van der Waals surface area contributed by atoms with Crippen molar-refractivity contribution in [2.45, 2.75) is 6.92 Å². The highest BCUT2D eigenvalue weighted by Gasteiger charge is 2.06. The first-order chi connectivity index (χ1) is 14.2. The summed E-state index contributed by atoms with van der Waals surface area (Å²) in [7, 11) is 0. The summed E-state index contributed by atoms with van der Waals surface area (Å²) in [6, 6.07) is 39.8. The molecule has 29 heavy (non-hydrogen) atoms. The maximum atomic E-state index is 11.8. The molecule has 0 aromatic heterocycles. The number of carbonyl (C=O) groups excluding carboxylic acids is 2. The van der Waals surface area contributed by atoms with Gasteiger partial charge in [-0.15, -0.1) is 0 Å². The lowest BCUT2D eigenvalue weighted by molar-refractivity contribution is 0.101. The van der Waals surface area contributed by atoms with E-state index in [1.807, 2.05) is 127 Å². The molecule has 0 N–H and O–H groups in total. The molecule has 0 amide bonds. The molecule has 0 bridgehead atoms. The summed E-state index contributed by atoms with van der Waals surface area (Å²) in [5.74, 6) is 0.196. The first-order valence-electron chi connectivity index (χ1n) is 9.39. The summed E-state index contributed by atoms with van der Waals surface area (Å²) in [4.78, 5) is 22.5. The molecule has 0 atom stereocenters. The van der Waals surface area contributed by atoms with Gasteiger partial charge in [0, 0.05) is 16.7 Å². The third kappa shape index (κ3) is 8.19. The average Bonchev–Trinajstić information content (AvgIpc) is 2.82. The van der Waals surface area contributed by atoms with Crippen LogP contribution in [0.5, 0.6) is 0 Å². The molecule has 4 aromatic rings. The molecular weight excluding hydrogens is 356 g/mol. The number of carbonyl (C=O) groups is 2. The highest BCUT2D eigenvalue weighted by molar-refractivity contribution is 6.08. The third-order valence-corrected chi connectivity index (χ3v) is 3.92. The zero-order valence-corrected chi connectivity index (χ0v) is 16.4. The topological polar surface area (TPSA) is 34.1 Å². The minimum atomic E-state index is 0.0752. The van der Waals surface area contributed by atoms with Crippen molar-refractivity contribution >= 4 is 11.6 Å². The average molecular weight is 380 g/mol. The SMILES string of the molecule is CC(=O)c1ccccc1.O=C(c1ccccc1)c1ccccc1.c1ccccc1. The van der Waals surface area contributed by atoms with Gasteiger partial charge in [0.1, 0.15) is 0 Å². The van der Waals surface area contributed by atoms with Crippen LogP contribution in [-0.4, -0.2) is 11.6 Å². The molecule has 0 spiro atoms. The number of rotatable bonds is 3. The molecule has 144 valence electrons. The van der Waals surface area contributed by atoms with E-state index in [1.54, 1.807) is 6.92 Å². The molecule has 0 aliphatic heterocycles. The van der Waals surface area contributed by atoms with Gasteiger partial charge >= 0.3 is 0 Å². The van der Waals surface area contributed by atoms with Crippen LogP contribution in [0.15, 0.2) is 127 Å². The second-order valence-electron chi connectivity index (χ2n) is 6.14. The summed E-state index contributed by atoms with van der Waals surface area (Å²) in [6.07, 6.45) is 0. The second-order valence-corrected chi connectivity index (χ2v) is 6.14. The Kier molecular flexibility index (Phi) is 9.33. The van der Waals surface area contributed by atoms with E-state index in [-0.39, 0.29) is 11.6 Å². The van der Waals surface area contributed by atoms with E-state index in [9.17, 15) is 9.59 Å². The zero-order chi connectivity index (χ0) is 20.7. The van der Waals surface area contributed by atoms with Crippen molar-refractivity contribution in [1.82, 2.24) is 0 Å². The lowest BCUT2D eigenvalue weighted by Gasteiger charge is -1.99. The van der Waals surface area contributed by atoms with E-state index in [0.717, 1.165) is 16.7 Å². The van der Waals surface area contributed by atoms with Crippen LogP contribution in [-0.2, 0) is 0 Å². The van der Waals surface area contributed by atoms with E-state index in [2.05, 4.69) is 0 Å². The van der Waals surface area contributed by atoms with Crippen LogP contribution in [0.1, 0.15) is 33.2 Å². The van der Waals surface area contributed by atoms with Crippen LogP contribution in [0.3, 0.4) is 0 Å². The van der Waals surface area contributed by atoms with E-state index in [0.29, 0.717) is 0 Å². The van der Waals surface area contributed by atoms with Crippen LogP contribution >= 0.6 is 0 Å². The van der Waals surface area contributed by atoms with Crippen LogP contribution < -0.4 is 0 Å². The predicted molar refractivity (Wildman–Crippen MR) is 119 cm³/mol. The molecule has 0 aliphatic carbocycles. The fourth-order valence-electron chi connectivity index (χ4n) is 2.40. The monoisotopic (exact) mass is 380 g/mol. The Morgan fingerprint density at radius 2 is 0.655 bits per heavy atom. The van der Waals surface area contributed by atoms with Crippen LogP contribution in [0.2, 0.25) is 0 Å². The van der Waals surface area contributed by atoms with Gasteiger partial charge in [0.15, 0.2) is 11.6 Å². The zero-order valence-electron chi connectivity index (χ0n) is 16.4. The largest absolute Gasteiger partial charge is 0.295 e. The van der Waals surface area contributed by atoms with Crippen molar-refractivity contribution in [3.63, 3.8) is 0 Å². The fraction of sp³-hybridized carbons (Fsp3) is 0.0370. The molecule has 4 aromatic carbocycles. The summed E-state index contributed by atoms with van der Waals surface area (Å²) >= 11 is 0. The molecule has 2 nitrogen and oxygen atoms in total. The fourth-order valence-corrected chi connectivity index (χ4v) is 2.40. The van der Waals surface area contributed by atoms with E-state index >= 15 is 0 Å². The van der Waals surface area contributed by atoms with Crippen LogP contribution in [0.25, 0.3) is 0 Å². The molecule has 0 unspecified atom stereocenters. The van der Waals surface area contributed by atoms with Gasteiger partial charge in [0.05, 0.1) is 0 Å². The van der Waals surface area contributed by atoms with Crippen LogP contribution in [0.4, 0.5) is 0 Å². The van der Waals surface area contributed by atoms with E-state index in [4.69, 9.17) is 0 Å². The summed E-state index contributed by atoms with van der Waals surface area (Å²) < 4.78 is 0. The number of hydrogen-bond donors (Lipinski definition) is 0. The van der Waals surface area contributed by atoms with Crippen molar-refractivity contribution in [2.24, 2.45) is 0 Å². The lowest BCUT2D eigenvalue weighted by atomic mass is 10.0. The smallest absolute Gasteiger partial charge is 0.193 e. The third-order valence-electron chi connectivity index (χ3n) is 3.92. The van der Waals surface area contributed by atoms with Gasteiger partial charge < -0.3 is 0 Å². The molecule has 4 rings (SSSR count). The predicted octanol–water partition coefficient (Wildman–Crippen LogP) is 6.49. The maximum Gasteiger partial charge on any atom is 0.193 e. The molecule has 0 saturated carbocycles. The highest BCUT2D eigenvalue weighted by Crippen LogP contribution is 2.08. The van der Waals surface area contributed by atoms with Gasteiger partial charge in [0.2, 0.25) is 0 Å². The summed E-state index contributed by atoms with van der Waals surface area (Å²) in [6.45, 7) is 1.56. The van der Waals surface area contributed by atoms with Gasteiger partial charge in [-0.05, 0) is 6.92 Å². The minimum absolute atomic E-state index is 0.0752. The number of benzene rings is 4. The Balaban J connectivity index is 0.000000171. The normalized spacial score (nSPS) is 9.14. The minimum Gasteiger partial charge on any atom is -0.295 e. The molecule has 0 saturated heterocycles. The molecule has 2 heteroatoms. The summed E-state index contributed by atoms with van der Waals surface area (Å²) in [5, 5.41) is 0. The van der Waals surface area contributed by atoms with Gasteiger partial charge in [-0.3, -0.25) is 9.59 Å². The number of ketones is 2. The van der Waals surface area contributed by atoms with Crippen LogP contribution in [0, 0.1) is 0 Å². The first kappa shape index (κ1) is 21.5. The molecule has 0 heterocycles. The summed E-state index contributed by atoms with van der Waals surface area (Å²) in [5.41, 5.74) is 2.25. The Labute approximate surface area is 172 Å². The van der Waals surface area contributed by atoms with E-state index in [1.165, 1.54) is 0 Å². The molecule has 0 fully saturated rings. The van der Waals surface area contributed by atoms with Gasteiger partial charge in [-0.1, -0.05) is 127 Å². The number of Topliss-reactive ketones (excluding diaryl/α,β-unsaturated/α-hetero) is 1. The van der Waals surface area contributed by atoms with Crippen molar-refractivity contribution < 1.29 is 9.59 Å². The van der Waals surface area contributed by atoms with Gasteiger partial charge in [0.25, 0.3) is 0 Å².